The average Bonchev–Trinajstić information content (AvgIpc) is 2.84. The number of esters is 1. The number of benzene rings is 3. The van der Waals surface area contributed by atoms with Gasteiger partial charge in [0, 0.05) is 12.6 Å². The Morgan fingerprint density at radius 1 is 1.12 bits per heavy atom. The van der Waals surface area contributed by atoms with Crippen LogP contribution in [0.15, 0.2) is 66.7 Å². The van der Waals surface area contributed by atoms with E-state index in [0.29, 0.717) is 5.56 Å². The number of carbonyl (C=O) groups is 1. The van der Waals surface area contributed by atoms with Crippen molar-refractivity contribution in [2.75, 3.05) is 13.7 Å². The summed E-state index contributed by atoms with van der Waals surface area (Å²) in [6, 6.07) is 19.6. The lowest BCUT2D eigenvalue weighted by Gasteiger charge is -2.15. The number of rotatable bonds is 10. The van der Waals surface area contributed by atoms with E-state index in [4.69, 9.17) is 4.74 Å². The number of methoxy groups -OCH3 is 1. The SMILES string of the molecule is COC(=O)C(CO)NCc1ccc(OCc2cccc(-c3ccccc3)c2C)c([N+](=O)[O-])c1. The summed E-state index contributed by atoms with van der Waals surface area (Å²) in [6.45, 7) is 1.87. The molecule has 0 aliphatic rings. The second kappa shape index (κ2) is 11.2. The van der Waals surface area contributed by atoms with Crippen LogP contribution in [0.2, 0.25) is 0 Å². The van der Waals surface area contributed by atoms with Crippen LogP contribution in [0.3, 0.4) is 0 Å². The Labute approximate surface area is 191 Å². The second-order valence-electron chi connectivity index (χ2n) is 7.44. The van der Waals surface area contributed by atoms with Gasteiger partial charge in [-0.05, 0) is 40.8 Å². The molecular weight excluding hydrogens is 424 g/mol. The number of hydrogen-bond acceptors (Lipinski definition) is 7. The lowest BCUT2D eigenvalue weighted by molar-refractivity contribution is -0.386. The maximum Gasteiger partial charge on any atom is 0.325 e. The van der Waals surface area contributed by atoms with E-state index in [2.05, 4.69) is 10.1 Å². The van der Waals surface area contributed by atoms with Gasteiger partial charge in [0.2, 0.25) is 0 Å². The summed E-state index contributed by atoms with van der Waals surface area (Å²) >= 11 is 0. The highest BCUT2D eigenvalue weighted by molar-refractivity contribution is 5.75. The Bertz CT molecular complexity index is 1120. The first-order valence-corrected chi connectivity index (χ1v) is 10.4. The van der Waals surface area contributed by atoms with Crippen LogP contribution < -0.4 is 10.1 Å². The van der Waals surface area contributed by atoms with Crippen molar-refractivity contribution in [1.82, 2.24) is 5.32 Å². The minimum Gasteiger partial charge on any atom is -0.482 e. The molecule has 0 heterocycles. The predicted molar refractivity (Wildman–Crippen MR) is 124 cm³/mol. The van der Waals surface area contributed by atoms with Gasteiger partial charge in [-0.25, -0.2) is 0 Å². The van der Waals surface area contributed by atoms with Crippen LogP contribution in [-0.2, 0) is 22.7 Å². The molecule has 0 spiro atoms. The number of carbonyl (C=O) groups excluding carboxylic acids is 1. The fourth-order valence-corrected chi connectivity index (χ4v) is 3.47. The van der Waals surface area contributed by atoms with Crippen LogP contribution in [-0.4, -0.2) is 35.8 Å². The summed E-state index contributed by atoms with van der Waals surface area (Å²) in [5.74, 6) is -0.458. The molecule has 8 nitrogen and oxygen atoms in total. The average molecular weight is 450 g/mol. The van der Waals surface area contributed by atoms with Crippen molar-refractivity contribution in [3.05, 3.63) is 93.5 Å². The van der Waals surface area contributed by atoms with E-state index in [-0.39, 0.29) is 24.6 Å². The summed E-state index contributed by atoms with van der Waals surface area (Å²) in [7, 11) is 1.22. The minimum atomic E-state index is -0.912. The fraction of sp³-hybridized carbons (Fsp3) is 0.240. The van der Waals surface area contributed by atoms with Gasteiger partial charge in [-0.2, -0.15) is 0 Å². The first kappa shape index (κ1) is 23.9. The zero-order valence-corrected chi connectivity index (χ0v) is 18.5. The Kier molecular flexibility index (Phi) is 8.12. The van der Waals surface area contributed by atoms with Crippen molar-refractivity contribution >= 4 is 11.7 Å². The third kappa shape index (κ3) is 5.94. The summed E-state index contributed by atoms with van der Waals surface area (Å²) in [5.41, 5.74) is 4.54. The normalized spacial score (nSPS) is 11.6. The highest BCUT2D eigenvalue weighted by Gasteiger charge is 2.20. The molecule has 0 saturated heterocycles. The molecule has 3 aromatic rings. The Morgan fingerprint density at radius 2 is 1.88 bits per heavy atom. The van der Waals surface area contributed by atoms with Gasteiger partial charge in [-0.3, -0.25) is 20.2 Å². The van der Waals surface area contributed by atoms with Gasteiger partial charge in [-0.1, -0.05) is 54.6 Å². The zero-order valence-electron chi connectivity index (χ0n) is 18.5. The molecule has 1 unspecified atom stereocenters. The third-order valence-electron chi connectivity index (χ3n) is 5.35. The predicted octanol–water partition coefficient (Wildman–Crippen LogP) is 3.77. The third-order valence-corrected chi connectivity index (χ3v) is 5.35. The number of nitro benzene ring substituents is 1. The van der Waals surface area contributed by atoms with E-state index in [1.54, 1.807) is 6.07 Å². The molecule has 0 aromatic heterocycles. The molecule has 0 radical (unpaired) electrons. The molecule has 0 aliphatic carbocycles. The molecule has 0 fully saturated rings. The van der Waals surface area contributed by atoms with Gasteiger partial charge < -0.3 is 14.6 Å². The molecular formula is C25H26N2O6. The molecule has 2 N–H and O–H groups in total. The molecule has 1 atom stereocenters. The number of nitro groups is 1. The molecule has 0 bridgehead atoms. The number of nitrogens with one attached hydrogen (secondary N) is 1. The van der Waals surface area contributed by atoms with E-state index in [0.717, 1.165) is 22.3 Å². The van der Waals surface area contributed by atoms with Crippen LogP contribution in [0.4, 0.5) is 5.69 Å². The van der Waals surface area contributed by atoms with E-state index in [9.17, 15) is 20.0 Å². The largest absolute Gasteiger partial charge is 0.482 e. The van der Waals surface area contributed by atoms with Crippen LogP contribution in [0.5, 0.6) is 5.75 Å². The summed E-state index contributed by atoms with van der Waals surface area (Å²) in [6.07, 6.45) is 0. The van der Waals surface area contributed by atoms with Crippen molar-refractivity contribution in [3.63, 3.8) is 0 Å². The first-order chi connectivity index (χ1) is 15.9. The minimum absolute atomic E-state index is 0.139. The molecule has 0 amide bonds. The highest BCUT2D eigenvalue weighted by atomic mass is 16.6. The van der Waals surface area contributed by atoms with E-state index >= 15 is 0 Å². The second-order valence-corrected chi connectivity index (χ2v) is 7.44. The summed E-state index contributed by atoms with van der Waals surface area (Å²) < 4.78 is 10.4. The Morgan fingerprint density at radius 3 is 2.55 bits per heavy atom. The number of ether oxygens (including phenoxy) is 2. The van der Waals surface area contributed by atoms with Crippen molar-refractivity contribution < 1.29 is 24.3 Å². The number of hydrogen-bond donors (Lipinski definition) is 2. The standard InChI is InChI=1S/C25H26N2O6/c1-17-20(9-6-10-21(17)19-7-4-3-5-8-19)16-33-24-12-11-18(13-23(24)27(30)31)14-26-22(15-28)25(29)32-2/h3-13,22,26,28H,14-16H2,1-2H3. The number of aliphatic hydroxyl groups excluding tert-OH is 1. The monoisotopic (exact) mass is 450 g/mol. The highest BCUT2D eigenvalue weighted by Crippen LogP contribution is 2.30. The molecule has 3 aromatic carbocycles. The number of aliphatic hydroxyl groups is 1. The van der Waals surface area contributed by atoms with Crippen molar-refractivity contribution in [3.8, 4) is 16.9 Å². The van der Waals surface area contributed by atoms with Gasteiger partial charge in [0.25, 0.3) is 0 Å². The van der Waals surface area contributed by atoms with Gasteiger partial charge in [0.05, 0.1) is 18.6 Å². The lowest BCUT2D eigenvalue weighted by atomic mass is 9.97. The van der Waals surface area contributed by atoms with Gasteiger partial charge >= 0.3 is 11.7 Å². The maximum atomic E-state index is 11.6. The quantitative estimate of drug-likeness (QED) is 0.275. The smallest absolute Gasteiger partial charge is 0.325 e. The van der Waals surface area contributed by atoms with Gasteiger partial charge in [0.15, 0.2) is 5.75 Å². The van der Waals surface area contributed by atoms with Crippen LogP contribution in [0.1, 0.15) is 16.7 Å². The molecule has 33 heavy (non-hydrogen) atoms. The number of nitrogens with zero attached hydrogens (tertiary/aromatic N) is 1. The van der Waals surface area contributed by atoms with Gasteiger partial charge in [0.1, 0.15) is 12.6 Å². The summed E-state index contributed by atoms with van der Waals surface area (Å²) in [5, 5.41) is 23.7. The maximum absolute atomic E-state index is 11.6. The van der Waals surface area contributed by atoms with Crippen LogP contribution in [0.25, 0.3) is 11.1 Å². The van der Waals surface area contributed by atoms with Crippen molar-refractivity contribution in [2.24, 2.45) is 0 Å². The lowest BCUT2D eigenvalue weighted by Crippen LogP contribution is -2.40. The first-order valence-electron chi connectivity index (χ1n) is 10.4. The molecule has 172 valence electrons. The molecule has 0 aliphatic heterocycles. The fourth-order valence-electron chi connectivity index (χ4n) is 3.47. The van der Waals surface area contributed by atoms with Crippen LogP contribution in [0, 0.1) is 17.0 Å². The van der Waals surface area contributed by atoms with Gasteiger partial charge in [-0.15, -0.1) is 0 Å². The Balaban J connectivity index is 1.75. The van der Waals surface area contributed by atoms with Crippen LogP contribution >= 0.6 is 0 Å². The van der Waals surface area contributed by atoms with Crippen molar-refractivity contribution in [2.45, 2.75) is 26.1 Å². The van der Waals surface area contributed by atoms with Crippen molar-refractivity contribution in [1.29, 1.82) is 0 Å². The molecule has 3 rings (SSSR count). The topological polar surface area (TPSA) is 111 Å². The van der Waals surface area contributed by atoms with E-state index < -0.39 is 23.5 Å². The zero-order chi connectivity index (χ0) is 23.8. The molecule has 8 heteroatoms. The van der Waals surface area contributed by atoms with E-state index in [1.807, 2.05) is 55.5 Å². The van der Waals surface area contributed by atoms with E-state index in [1.165, 1.54) is 19.2 Å². The Hall–Kier alpha value is -3.75. The summed E-state index contributed by atoms with van der Waals surface area (Å²) in [4.78, 5) is 22.7. The molecule has 0 saturated carbocycles.